The monoisotopic (exact) mass is 442 g/mol. The third kappa shape index (κ3) is 4.69. The molecule has 0 heterocycles. The standard InChI is InChI=1S/C24H27O4PS/c1-15-9-7-10-16(2)22(15)26-29(25,27-23-17(3)11-8-12-18(23)4)28-24-19(5)13-14-21(30)20(24)6/h7-14,30H,1-6H3. The fraction of sp³-hybridized carbons (Fsp3) is 0.250. The second-order valence-corrected chi connectivity index (χ2v) is 9.44. The number of phosphoric acid groups is 1. The number of hydrogen-bond donors (Lipinski definition) is 1. The van der Waals surface area contributed by atoms with Crippen LogP contribution in [0.4, 0.5) is 0 Å². The molecule has 0 spiro atoms. The van der Waals surface area contributed by atoms with Gasteiger partial charge in [0, 0.05) is 10.5 Å². The summed E-state index contributed by atoms with van der Waals surface area (Å²) in [6.45, 7) is 11.4. The van der Waals surface area contributed by atoms with E-state index in [-0.39, 0.29) is 0 Å². The highest BCUT2D eigenvalue weighted by atomic mass is 32.1. The fourth-order valence-electron chi connectivity index (χ4n) is 3.23. The molecule has 0 aliphatic heterocycles. The molecule has 0 atom stereocenters. The van der Waals surface area contributed by atoms with Gasteiger partial charge in [-0.25, -0.2) is 0 Å². The maximum absolute atomic E-state index is 14.1. The Kier molecular flexibility index (Phi) is 6.54. The summed E-state index contributed by atoms with van der Waals surface area (Å²) in [7, 11) is -4.10. The average molecular weight is 443 g/mol. The van der Waals surface area contributed by atoms with Gasteiger partial charge in [0.05, 0.1) is 0 Å². The highest BCUT2D eigenvalue weighted by Gasteiger charge is 2.36. The van der Waals surface area contributed by atoms with Gasteiger partial charge in [-0.1, -0.05) is 42.5 Å². The van der Waals surface area contributed by atoms with Crippen LogP contribution in [0, 0.1) is 41.5 Å². The molecular weight excluding hydrogens is 415 g/mol. The number of hydrogen-bond acceptors (Lipinski definition) is 5. The van der Waals surface area contributed by atoms with Gasteiger partial charge in [-0.05, 0) is 75.4 Å². The molecule has 0 saturated heterocycles. The van der Waals surface area contributed by atoms with Gasteiger partial charge in [0.15, 0.2) is 0 Å². The molecule has 4 nitrogen and oxygen atoms in total. The van der Waals surface area contributed by atoms with Crippen molar-refractivity contribution in [1.29, 1.82) is 0 Å². The first-order valence-corrected chi connectivity index (χ1v) is 11.6. The van der Waals surface area contributed by atoms with E-state index in [4.69, 9.17) is 13.6 Å². The Morgan fingerprint density at radius 2 is 0.967 bits per heavy atom. The van der Waals surface area contributed by atoms with Gasteiger partial charge >= 0.3 is 7.82 Å². The average Bonchev–Trinajstić information content (AvgIpc) is 2.69. The number of rotatable bonds is 6. The van der Waals surface area contributed by atoms with E-state index >= 15 is 0 Å². The molecule has 3 aromatic rings. The summed E-state index contributed by atoms with van der Waals surface area (Å²) in [6.07, 6.45) is 0. The minimum atomic E-state index is -4.10. The Bertz CT molecular complexity index is 1040. The van der Waals surface area contributed by atoms with E-state index in [0.717, 1.165) is 38.3 Å². The van der Waals surface area contributed by atoms with Crippen LogP contribution in [-0.4, -0.2) is 0 Å². The zero-order chi connectivity index (χ0) is 22.1. The van der Waals surface area contributed by atoms with Crippen LogP contribution in [-0.2, 0) is 4.57 Å². The SMILES string of the molecule is Cc1cccc(C)c1OP(=O)(Oc1c(C)cccc1C)Oc1c(C)ccc(S)c1C. The van der Waals surface area contributed by atoms with Crippen LogP contribution < -0.4 is 13.6 Å². The molecule has 0 aromatic heterocycles. The van der Waals surface area contributed by atoms with Gasteiger partial charge in [-0.15, -0.1) is 12.6 Å². The Hall–Kier alpha value is -2.36. The van der Waals surface area contributed by atoms with E-state index in [2.05, 4.69) is 12.6 Å². The first-order chi connectivity index (χ1) is 14.1. The van der Waals surface area contributed by atoms with Crippen LogP contribution in [0.2, 0.25) is 0 Å². The van der Waals surface area contributed by atoms with Crippen molar-refractivity contribution >= 4 is 20.5 Å². The summed E-state index contributed by atoms with van der Waals surface area (Å²) < 4.78 is 32.1. The molecule has 0 amide bonds. The molecule has 0 fully saturated rings. The second-order valence-electron chi connectivity index (χ2n) is 7.52. The van der Waals surface area contributed by atoms with Crippen molar-refractivity contribution in [3.05, 3.63) is 81.9 Å². The van der Waals surface area contributed by atoms with E-state index in [1.165, 1.54) is 0 Å². The summed E-state index contributed by atoms with van der Waals surface area (Å²) in [5.74, 6) is 1.43. The first-order valence-electron chi connectivity index (χ1n) is 9.71. The van der Waals surface area contributed by atoms with Crippen molar-refractivity contribution in [2.75, 3.05) is 0 Å². The molecule has 0 aliphatic rings. The van der Waals surface area contributed by atoms with E-state index in [0.29, 0.717) is 17.2 Å². The molecule has 0 radical (unpaired) electrons. The Labute approximate surface area is 184 Å². The van der Waals surface area contributed by atoms with Crippen LogP contribution in [0.3, 0.4) is 0 Å². The van der Waals surface area contributed by atoms with Crippen molar-refractivity contribution in [1.82, 2.24) is 0 Å². The number of thiol groups is 1. The second kappa shape index (κ2) is 8.79. The molecule has 0 unspecified atom stereocenters. The molecule has 0 bridgehead atoms. The zero-order valence-corrected chi connectivity index (χ0v) is 19.9. The lowest BCUT2D eigenvalue weighted by molar-refractivity contribution is 0.294. The molecule has 6 heteroatoms. The summed E-state index contributed by atoms with van der Waals surface area (Å²) >= 11 is 4.48. The topological polar surface area (TPSA) is 44.8 Å². The molecule has 30 heavy (non-hydrogen) atoms. The number of aryl methyl sites for hydroxylation is 5. The van der Waals surface area contributed by atoms with E-state index in [1.54, 1.807) is 0 Å². The Morgan fingerprint density at radius 3 is 1.40 bits per heavy atom. The van der Waals surface area contributed by atoms with Crippen molar-refractivity contribution in [2.24, 2.45) is 0 Å². The highest BCUT2D eigenvalue weighted by molar-refractivity contribution is 7.80. The van der Waals surface area contributed by atoms with Crippen molar-refractivity contribution < 1.29 is 18.1 Å². The van der Waals surface area contributed by atoms with Crippen LogP contribution in [0.1, 0.15) is 33.4 Å². The van der Waals surface area contributed by atoms with Crippen LogP contribution >= 0.6 is 20.5 Å². The molecular formula is C24H27O4PS. The van der Waals surface area contributed by atoms with Crippen LogP contribution in [0.15, 0.2) is 53.4 Å². The van der Waals surface area contributed by atoms with Crippen LogP contribution in [0.5, 0.6) is 17.2 Å². The van der Waals surface area contributed by atoms with Crippen molar-refractivity contribution in [3.63, 3.8) is 0 Å². The van der Waals surface area contributed by atoms with Crippen LogP contribution in [0.25, 0.3) is 0 Å². The summed E-state index contributed by atoms with van der Waals surface area (Å²) in [6, 6.07) is 15.2. The number of benzene rings is 3. The fourth-order valence-corrected chi connectivity index (χ4v) is 5.05. The molecule has 0 aliphatic carbocycles. The van der Waals surface area contributed by atoms with Gasteiger partial charge in [0.25, 0.3) is 0 Å². The zero-order valence-electron chi connectivity index (χ0n) is 18.1. The van der Waals surface area contributed by atoms with Gasteiger partial charge in [-0.3, -0.25) is 0 Å². The summed E-state index contributed by atoms with van der Waals surface area (Å²) in [5, 5.41) is 0. The predicted octanol–water partition coefficient (Wildman–Crippen LogP) is 7.47. The van der Waals surface area contributed by atoms with E-state index in [1.807, 2.05) is 90.1 Å². The molecule has 3 aromatic carbocycles. The lowest BCUT2D eigenvalue weighted by Gasteiger charge is -2.24. The largest absolute Gasteiger partial charge is 0.647 e. The van der Waals surface area contributed by atoms with Gasteiger partial charge < -0.3 is 13.6 Å². The van der Waals surface area contributed by atoms with E-state index in [9.17, 15) is 4.57 Å². The van der Waals surface area contributed by atoms with Gasteiger partial charge in [0.1, 0.15) is 17.2 Å². The quantitative estimate of drug-likeness (QED) is 0.318. The minimum absolute atomic E-state index is 0.448. The number of para-hydroxylation sites is 2. The lowest BCUT2D eigenvalue weighted by Crippen LogP contribution is -2.11. The number of phosphoric ester groups is 1. The van der Waals surface area contributed by atoms with Gasteiger partial charge in [-0.2, -0.15) is 4.57 Å². The molecule has 158 valence electrons. The third-order valence-electron chi connectivity index (χ3n) is 5.00. The van der Waals surface area contributed by atoms with Gasteiger partial charge in [0.2, 0.25) is 0 Å². The first kappa shape index (κ1) is 22.3. The lowest BCUT2D eigenvalue weighted by atomic mass is 10.1. The molecule has 3 rings (SSSR count). The van der Waals surface area contributed by atoms with Crippen molar-refractivity contribution in [2.45, 2.75) is 46.4 Å². The normalized spacial score (nSPS) is 11.3. The smallest absolute Gasteiger partial charge is 0.385 e. The minimum Gasteiger partial charge on any atom is -0.385 e. The van der Waals surface area contributed by atoms with Crippen molar-refractivity contribution in [3.8, 4) is 17.2 Å². The Morgan fingerprint density at radius 1 is 0.600 bits per heavy atom. The maximum atomic E-state index is 14.1. The summed E-state index contributed by atoms with van der Waals surface area (Å²) in [5.41, 5.74) is 4.98. The maximum Gasteiger partial charge on any atom is 0.647 e. The molecule has 0 N–H and O–H groups in total. The summed E-state index contributed by atoms with van der Waals surface area (Å²) in [4.78, 5) is 0.737. The Balaban J connectivity index is 2.11. The highest BCUT2D eigenvalue weighted by Crippen LogP contribution is 2.53. The molecule has 0 saturated carbocycles. The van der Waals surface area contributed by atoms with E-state index < -0.39 is 7.82 Å². The third-order valence-corrected chi connectivity index (χ3v) is 6.70. The predicted molar refractivity (Wildman–Crippen MR) is 124 cm³/mol.